The average Bonchev–Trinajstić information content (AvgIpc) is 2.35. The Morgan fingerprint density at radius 2 is 2.50 bits per heavy atom. The van der Waals surface area contributed by atoms with Crippen LogP contribution >= 0.6 is 0 Å². The minimum Gasteiger partial charge on any atom is -0.356 e. The van der Waals surface area contributed by atoms with E-state index in [1.165, 1.54) is 19.5 Å². The highest BCUT2D eigenvalue weighted by atomic mass is 16.1. The molecule has 1 fully saturated rings. The van der Waals surface area contributed by atoms with Gasteiger partial charge in [0.25, 0.3) is 0 Å². The van der Waals surface area contributed by atoms with Crippen molar-refractivity contribution in [1.82, 2.24) is 10.2 Å². The highest BCUT2D eigenvalue weighted by Gasteiger charge is 2.18. The molecule has 3 nitrogen and oxygen atoms in total. The van der Waals surface area contributed by atoms with Gasteiger partial charge in [-0.3, -0.25) is 4.79 Å². The SMILES string of the molecule is [CH2]C(=O)NCCC1CCN(C)C1. The van der Waals surface area contributed by atoms with Crippen LogP contribution in [0.25, 0.3) is 0 Å². The van der Waals surface area contributed by atoms with Crippen molar-refractivity contribution in [1.29, 1.82) is 0 Å². The molecule has 0 bridgehead atoms. The van der Waals surface area contributed by atoms with E-state index in [1.54, 1.807) is 0 Å². The highest BCUT2D eigenvalue weighted by molar-refractivity contribution is 5.79. The Morgan fingerprint density at radius 1 is 1.75 bits per heavy atom. The molecule has 1 atom stereocenters. The molecule has 1 aliphatic rings. The summed E-state index contributed by atoms with van der Waals surface area (Å²) in [4.78, 5) is 12.8. The van der Waals surface area contributed by atoms with Crippen LogP contribution < -0.4 is 5.32 Å². The minimum absolute atomic E-state index is 0.165. The van der Waals surface area contributed by atoms with Gasteiger partial charge < -0.3 is 10.2 Å². The van der Waals surface area contributed by atoms with Crippen LogP contribution in [-0.2, 0) is 4.79 Å². The monoisotopic (exact) mass is 169 g/mol. The molecule has 1 aliphatic heterocycles. The summed E-state index contributed by atoms with van der Waals surface area (Å²) in [6.07, 6.45) is 2.36. The lowest BCUT2D eigenvalue weighted by molar-refractivity contribution is -0.116. The first-order valence-electron chi connectivity index (χ1n) is 4.47. The molecule has 3 heteroatoms. The summed E-state index contributed by atoms with van der Waals surface area (Å²) in [7, 11) is 2.14. The fourth-order valence-corrected chi connectivity index (χ4v) is 1.68. The van der Waals surface area contributed by atoms with Crippen molar-refractivity contribution in [2.75, 3.05) is 26.7 Å². The Bertz CT molecular complexity index is 159. The van der Waals surface area contributed by atoms with Gasteiger partial charge in [0.2, 0.25) is 5.91 Å². The zero-order valence-electron chi connectivity index (χ0n) is 7.68. The van der Waals surface area contributed by atoms with Crippen molar-refractivity contribution in [3.8, 4) is 0 Å². The van der Waals surface area contributed by atoms with Crippen molar-refractivity contribution in [3.63, 3.8) is 0 Å². The van der Waals surface area contributed by atoms with E-state index in [1.807, 2.05) is 0 Å². The first-order chi connectivity index (χ1) is 5.68. The van der Waals surface area contributed by atoms with E-state index in [2.05, 4.69) is 24.2 Å². The van der Waals surface area contributed by atoms with Gasteiger partial charge in [0.15, 0.2) is 0 Å². The van der Waals surface area contributed by atoms with E-state index < -0.39 is 0 Å². The summed E-state index contributed by atoms with van der Waals surface area (Å²) in [6, 6.07) is 0. The van der Waals surface area contributed by atoms with Crippen molar-refractivity contribution >= 4 is 5.91 Å². The second kappa shape index (κ2) is 4.45. The Labute approximate surface area is 74.1 Å². The summed E-state index contributed by atoms with van der Waals surface area (Å²) in [5.41, 5.74) is 0. The summed E-state index contributed by atoms with van der Waals surface area (Å²) in [5, 5.41) is 2.72. The number of carbonyl (C=O) groups excluding carboxylic acids is 1. The number of hydrogen-bond acceptors (Lipinski definition) is 2. The van der Waals surface area contributed by atoms with Gasteiger partial charge in [0, 0.05) is 20.0 Å². The first-order valence-corrected chi connectivity index (χ1v) is 4.47. The molecule has 1 heterocycles. The maximum atomic E-state index is 10.4. The van der Waals surface area contributed by atoms with E-state index in [0.29, 0.717) is 0 Å². The van der Waals surface area contributed by atoms with Crippen LogP contribution in [0.4, 0.5) is 0 Å². The third-order valence-corrected chi connectivity index (χ3v) is 2.36. The molecule has 0 aromatic heterocycles. The van der Waals surface area contributed by atoms with Gasteiger partial charge >= 0.3 is 0 Å². The van der Waals surface area contributed by atoms with E-state index in [-0.39, 0.29) is 5.91 Å². The summed E-state index contributed by atoms with van der Waals surface area (Å²) in [6.45, 7) is 6.41. The lowest BCUT2D eigenvalue weighted by atomic mass is 10.1. The Balaban J connectivity index is 2.04. The van der Waals surface area contributed by atoms with Gasteiger partial charge in [-0.05, 0) is 32.4 Å². The Hall–Kier alpha value is -0.570. The summed E-state index contributed by atoms with van der Waals surface area (Å²) in [5.74, 6) is 0.600. The van der Waals surface area contributed by atoms with E-state index in [9.17, 15) is 4.79 Å². The van der Waals surface area contributed by atoms with Gasteiger partial charge in [-0.25, -0.2) is 0 Å². The molecule has 1 N–H and O–H groups in total. The molecule has 12 heavy (non-hydrogen) atoms. The van der Waals surface area contributed by atoms with Gasteiger partial charge in [0.05, 0.1) is 0 Å². The second-order valence-electron chi connectivity index (χ2n) is 3.56. The fraction of sp³-hybridized carbons (Fsp3) is 0.778. The van der Waals surface area contributed by atoms with Gasteiger partial charge in [0.1, 0.15) is 0 Å². The topological polar surface area (TPSA) is 32.3 Å². The summed E-state index contributed by atoms with van der Waals surface area (Å²) >= 11 is 0. The predicted molar refractivity (Wildman–Crippen MR) is 48.6 cm³/mol. The molecule has 69 valence electrons. The summed E-state index contributed by atoms with van der Waals surface area (Å²) < 4.78 is 0. The van der Waals surface area contributed by atoms with Crippen LogP contribution in [-0.4, -0.2) is 37.5 Å². The van der Waals surface area contributed by atoms with E-state index >= 15 is 0 Å². The van der Waals surface area contributed by atoms with Crippen LogP contribution in [0.1, 0.15) is 12.8 Å². The molecule has 1 unspecified atom stereocenters. The minimum atomic E-state index is -0.165. The predicted octanol–water partition coefficient (Wildman–Crippen LogP) is 0.278. The third kappa shape index (κ3) is 3.22. The molecular weight excluding hydrogens is 152 g/mol. The first kappa shape index (κ1) is 9.52. The van der Waals surface area contributed by atoms with Crippen LogP contribution in [0.3, 0.4) is 0 Å². The molecule has 0 aromatic carbocycles. The molecule has 0 aromatic rings. The van der Waals surface area contributed by atoms with E-state index in [4.69, 9.17) is 0 Å². The maximum absolute atomic E-state index is 10.4. The molecule has 1 saturated heterocycles. The van der Waals surface area contributed by atoms with Crippen LogP contribution in [0, 0.1) is 12.8 Å². The van der Waals surface area contributed by atoms with Crippen molar-refractivity contribution < 1.29 is 4.79 Å². The maximum Gasteiger partial charge on any atom is 0.220 e. The van der Waals surface area contributed by atoms with Gasteiger partial charge in [-0.1, -0.05) is 0 Å². The van der Waals surface area contributed by atoms with Crippen LogP contribution in [0.5, 0.6) is 0 Å². The second-order valence-corrected chi connectivity index (χ2v) is 3.56. The average molecular weight is 169 g/mol. The van der Waals surface area contributed by atoms with Crippen molar-refractivity contribution in [2.24, 2.45) is 5.92 Å². The van der Waals surface area contributed by atoms with Crippen LogP contribution in [0.15, 0.2) is 0 Å². The molecular formula is C9H17N2O. The number of nitrogens with zero attached hydrogens (tertiary/aromatic N) is 1. The largest absolute Gasteiger partial charge is 0.356 e. The molecule has 1 rings (SSSR count). The zero-order chi connectivity index (χ0) is 8.97. The lowest BCUT2D eigenvalue weighted by Gasteiger charge is -2.09. The number of carbonyl (C=O) groups is 1. The van der Waals surface area contributed by atoms with Crippen molar-refractivity contribution in [3.05, 3.63) is 6.92 Å². The molecule has 0 spiro atoms. The molecule has 0 aliphatic carbocycles. The van der Waals surface area contributed by atoms with E-state index in [0.717, 1.165) is 18.9 Å². The number of amides is 1. The van der Waals surface area contributed by atoms with Gasteiger partial charge in [-0.2, -0.15) is 0 Å². The normalized spacial score (nSPS) is 24.3. The fourth-order valence-electron chi connectivity index (χ4n) is 1.68. The molecule has 1 radical (unpaired) electrons. The standard InChI is InChI=1S/C9H17N2O/c1-8(12)10-5-3-9-4-6-11(2)7-9/h9H,1,3-7H2,2H3,(H,10,12). The number of hydrogen-bond donors (Lipinski definition) is 1. The molecule has 0 saturated carbocycles. The quantitative estimate of drug-likeness (QED) is 0.658. The molecule has 1 amide bonds. The van der Waals surface area contributed by atoms with Gasteiger partial charge in [-0.15, -0.1) is 0 Å². The zero-order valence-corrected chi connectivity index (χ0v) is 7.68. The highest BCUT2D eigenvalue weighted by Crippen LogP contribution is 2.16. The number of nitrogens with one attached hydrogen (secondary N) is 1. The van der Waals surface area contributed by atoms with Crippen molar-refractivity contribution in [2.45, 2.75) is 12.8 Å². The Morgan fingerprint density at radius 3 is 3.00 bits per heavy atom. The smallest absolute Gasteiger partial charge is 0.220 e. The lowest BCUT2D eigenvalue weighted by Crippen LogP contribution is -2.24. The number of likely N-dealkylation sites (tertiary alicyclic amines) is 1. The third-order valence-electron chi connectivity index (χ3n) is 2.36. The number of rotatable bonds is 3. The van der Waals surface area contributed by atoms with Crippen LogP contribution in [0.2, 0.25) is 0 Å². The Kier molecular flexibility index (Phi) is 3.53.